The summed E-state index contributed by atoms with van der Waals surface area (Å²) in [6.07, 6.45) is 1.18. The zero-order valence-electron chi connectivity index (χ0n) is 35.7. The van der Waals surface area contributed by atoms with E-state index in [1.807, 2.05) is 55.5 Å². The van der Waals surface area contributed by atoms with Gasteiger partial charge >= 0.3 is 12.2 Å². The molecule has 0 bridgehead atoms. The zero-order chi connectivity index (χ0) is 44.0. The Morgan fingerprint density at radius 2 is 1.33 bits per heavy atom. The molecule has 4 N–H and O–H groups in total. The first kappa shape index (κ1) is 45.0. The number of methoxy groups -OCH3 is 5. The summed E-state index contributed by atoms with van der Waals surface area (Å²) in [4.78, 5) is 71.8. The molecular formula is C43H55ClN8O9. The van der Waals surface area contributed by atoms with Gasteiger partial charge in [-0.2, -0.15) is 0 Å². The standard InChI is InChI=1S/C43H55ClN8O9/c1-23-9-18-32(52(23)41(54)35(25(3)59-6)49-43(56)61-8)38-45-20-31(46-38)29-14-10-27(11-15-29)28-12-16-30(17-13-28)36-37(44)50-39(47-36)33-19-26(22-57-4)21-51(33)40(53)34(24(2)58-5)48-42(55)60-7/h10-17,20,23-26,32-35H,9,18-19,21-22H2,1-8H3,(H,45,46)(H,47,50)(H,48,55)(H,49,56)/t23-,24+,25+,26-,32-,33-,34-,35-/m0/s1. The Morgan fingerprint density at radius 3 is 1.89 bits per heavy atom. The van der Waals surface area contributed by atoms with Crippen molar-refractivity contribution in [1.82, 2.24) is 40.4 Å². The van der Waals surface area contributed by atoms with Crippen LogP contribution in [0, 0.1) is 5.92 Å². The smallest absolute Gasteiger partial charge is 0.407 e. The van der Waals surface area contributed by atoms with E-state index in [4.69, 9.17) is 45.3 Å². The minimum absolute atomic E-state index is 0.0302. The summed E-state index contributed by atoms with van der Waals surface area (Å²) in [7, 11) is 7.08. The lowest BCUT2D eigenvalue weighted by Gasteiger charge is -2.33. The Morgan fingerprint density at radius 1 is 0.770 bits per heavy atom. The van der Waals surface area contributed by atoms with Crippen LogP contribution < -0.4 is 10.6 Å². The highest BCUT2D eigenvalue weighted by molar-refractivity contribution is 6.31. The number of ether oxygens (including phenoxy) is 5. The fourth-order valence-electron chi connectivity index (χ4n) is 8.18. The molecule has 61 heavy (non-hydrogen) atoms. The van der Waals surface area contributed by atoms with E-state index in [2.05, 4.69) is 20.6 Å². The summed E-state index contributed by atoms with van der Waals surface area (Å²) in [5.41, 5.74) is 5.04. The third-order valence-corrected chi connectivity index (χ3v) is 12.0. The Labute approximate surface area is 360 Å². The van der Waals surface area contributed by atoms with Crippen molar-refractivity contribution in [3.05, 3.63) is 71.5 Å². The molecule has 2 aromatic carbocycles. The minimum Gasteiger partial charge on any atom is -0.453 e. The molecule has 0 radical (unpaired) electrons. The molecule has 18 heteroatoms. The van der Waals surface area contributed by atoms with Crippen molar-refractivity contribution in [3.63, 3.8) is 0 Å². The lowest BCUT2D eigenvalue weighted by atomic mass is 10.0. The van der Waals surface area contributed by atoms with E-state index >= 15 is 0 Å². The molecule has 0 unspecified atom stereocenters. The van der Waals surface area contributed by atoms with Crippen LogP contribution in [0.2, 0.25) is 5.15 Å². The van der Waals surface area contributed by atoms with Crippen LogP contribution in [-0.4, -0.2) is 133 Å². The molecule has 4 heterocycles. The largest absolute Gasteiger partial charge is 0.453 e. The predicted octanol–water partition coefficient (Wildman–Crippen LogP) is 5.89. The van der Waals surface area contributed by atoms with E-state index in [9.17, 15) is 19.2 Å². The van der Waals surface area contributed by atoms with Gasteiger partial charge in [0, 0.05) is 45.4 Å². The molecule has 2 saturated heterocycles. The van der Waals surface area contributed by atoms with Crippen molar-refractivity contribution in [2.45, 2.75) is 82.5 Å². The van der Waals surface area contributed by atoms with E-state index in [1.54, 1.807) is 37.0 Å². The number of H-pyrrole nitrogens is 2. The van der Waals surface area contributed by atoms with Gasteiger partial charge in [-0.1, -0.05) is 60.1 Å². The second-order valence-corrected chi connectivity index (χ2v) is 15.9. The second kappa shape index (κ2) is 19.9. The molecule has 8 atom stereocenters. The molecule has 17 nitrogen and oxygen atoms in total. The first-order valence-corrected chi connectivity index (χ1v) is 20.6. The molecule has 0 aliphatic carbocycles. The molecule has 328 valence electrons. The number of imidazole rings is 2. The summed E-state index contributed by atoms with van der Waals surface area (Å²) >= 11 is 6.78. The van der Waals surface area contributed by atoms with Gasteiger partial charge in [0.25, 0.3) is 0 Å². The van der Waals surface area contributed by atoms with Crippen molar-refractivity contribution in [2.24, 2.45) is 5.92 Å². The first-order chi connectivity index (χ1) is 29.3. The van der Waals surface area contributed by atoms with Gasteiger partial charge in [-0.3, -0.25) is 9.59 Å². The van der Waals surface area contributed by atoms with Gasteiger partial charge in [0.2, 0.25) is 11.8 Å². The van der Waals surface area contributed by atoms with Crippen molar-refractivity contribution >= 4 is 35.6 Å². The Bertz CT molecular complexity index is 2150. The van der Waals surface area contributed by atoms with Crippen molar-refractivity contribution in [1.29, 1.82) is 0 Å². The van der Waals surface area contributed by atoms with Gasteiger partial charge in [-0.25, -0.2) is 19.6 Å². The van der Waals surface area contributed by atoms with Crippen LogP contribution >= 0.6 is 11.6 Å². The average Bonchev–Trinajstić information content (AvgIpc) is 4.10. The second-order valence-electron chi connectivity index (χ2n) is 15.5. The number of aromatic amines is 2. The number of carbonyl (C=O) groups excluding carboxylic acids is 4. The molecule has 0 saturated carbocycles. The van der Waals surface area contributed by atoms with Gasteiger partial charge < -0.3 is 54.1 Å². The van der Waals surface area contributed by atoms with Crippen LogP contribution in [0.4, 0.5) is 9.59 Å². The van der Waals surface area contributed by atoms with E-state index in [0.717, 1.165) is 34.4 Å². The van der Waals surface area contributed by atoms with Crippen molar-refractivity contribution in [2.75, 3.05) is 48.7 Å². The van der Waals surface area contributed by atoms with Crippen LogP contribution in [0.1, 0.15) is 63.8 Å². The number of halogens is 1. The number of hydrogen-bond acceptors (Lipinski definition) is 11. The average molecular weight is 863 g/mol. The monoisotopic (exact) mass is 862 g/mol. The van der Waals surface area contributed by atoms with Crippen LogP contribution in [0.3, 0.4) is 0 Å². The highest BCUT2D eigenvalue weighted by atomic mass is 35.5. The van der Waals surface area contributed by atoms with Crippen molar-refractivity contribution < 1.29 is 42.9 Å². The number of likely N-dealkylation sites (tertiary alicyclic amines) is 2. The summed E-state index contributed by atoms with van der Waals surface area (Å²) in [5, 5.41) is 5.59. The fraction of sp³-hybridized carbons (Fsp3) is 0.488. The molecule has 0 spiro atoms. The fourth-order valence-corrected chi connectivity index (χ4v) is 8.43. The SMILES string of the molecule is COC[C@H]1C[C@@H](c2nc(-c3ccc(-c4ccc(-c5cnc([C@@H]6CC[C@H](C)N6C(=O)[C@@H](NC(=O)OC)[C@@H](C)OC)[nH]5)cc4)cc3)c(Cl)[nH]2)N(C(=O)[C@@H](NC(=O)OC)[C@@H](C)OC)C1. The van der Waals surface area contributed by atoms with Crippen molar-refractivity contribution in [3.8, 4) is 33.6 Å². The third kappa shape index (κ3) is 9.85. The molecule has 2 aromatic heterocycles. The van der Waals surface area contributed by atoms with Crippen LogP contribution in [0.25, 0.3) is 33.6 Å². The topological polar surface area (TPSA) is 202 Å². The number of alkyl carbamates (subject to hydrolysis) is 2. The van der Waals surface area contributed by atoms with E-state index in [1.165, 1.54) is 28.4 Å². The molecule has 2 aliphatic heterocycles. The summed E-state index contributed by atoms with van der Waals surface area (Å²) in [5.74, 6) is 0.622. The maximum atomic E-state index is 14.0. The molecular weight excluding hydrogens is 808 g/mol. The maximum Gasteiger partial charge on any atom is 0.407 e. The molecule has 4 amide bonds. The highest BCUT2D eigenvalue weighted by Crippen LogP contribution is 2.39. The lowest BCUT2D eigenvalue weighted by Crippen LogP contribution is -2.55. The van der Waals surface area contributed by atoms with E-state index < -0.39 is 42.5 Å². The Hall–Kier alpha value is -5.49. The molecule has 2 aliphatic rings. The Balaban J connectivity index is 1.16. The number of amides is 4. The number of rotatable bonds is 15. The van der Waals surface area contributed by atoms with Gasteiger partial charge in [0.1, 0.15) is 34.6 Å². The van der Waals surface area contributed by atoms with Gasteiger partial charge in [-0.15, -0.1) is 0 Å². The minimum atomic E-state index is -0.989. The first-order valence-electron chi connectivity index (χ1n) is 20.2. The summed E-state index contributed by atoms with van der Waals surface area (Å²) < 4.78 is 25.9. The van der Waals surface area contributed by atoms with Crippen LogP contribution in [0.5, 0.6) is 0 Å². The van der Waals surface area contributed by atoms with Crippen LogP contribution in [0.15, 0.2) is 54.7 Å². The zero-order valence-corrected chi connectivity index (χ0v) is 36.4. The lowest BCUT2D eigenvalue weighted by molar-refractivity contribution is -0.139. The number of benzene rings is 2. The normalized spacial score (nSPS) is 20.8. The predicted molar refractivity (Wildman–Crippen MR) is 226 cm³/mol. The summed E-state index contributed by atoms with van der Waals surface area (Å²) in [6.45, 7) is 6.26. The van der Waals surface area contributed by atoms with Gasteiger partial charge in [0.15, 0.2) is 0 Å². The van der Waals surface area contributed by atoms with E-state index in [0.29, 0.717) is 48.5 Å². The highest BCUT2D eigenvalue weighted by Gasteiger charge is 2.44. The molecule has 2 fully saturated rings. The third-order valence-electron chi connectivity index (χ3n) is 11.7. The molecule has 6 rings (SSSR count). The number of nitrogens with zero attached hydrogens (tertiary/aromatic N) is 4. The number of aromatic nitrogens is 4. The quantitative estimate of drug-likeness (QED) is 0.111. The van der Waals surface area contributed by atoms with Gasteiger partial charge in [0.05, 0.1) is 57.0 Å². The van der Waals surface area contributed by atoms with E-state index in [-0.39, 0.29) is 29.8 Å². The van der Waals surface area contributed by atoms with Crippen LogP contribution in [-0.2, 0) is 33.3 Å². The Kier molecular flexibility index (Phi) is 14.7. The number of hydrogen-bond donors (Lipinski definition) is 4. The maximum absolute atomic E-state index is 14.0. The molecule has 4 aromatic rings. The number of carbonyl (C=O) groups is 4. The summed E-state index contributed by atoms with van der Waals surface area (Å²) in [6, 6.07) is 13.2. The van der Waals surface area contributed by atoms with Gasteiger partial charge in [-0.05, 0) is 56.7 Å². The number of nitrogens with one attached hydrogen (secondary N) is 4.